The van der Waals surface area contributed by atoms with Crippen LogP contribution in [0.25, 0.3) is 0 Å². The average Bonchev–Trinajstić information content (AvgIpc) is 2.40. The SMILES string of the molecule is O=C(NCc1cccc(CNC(=O)OC(Cl)(Cl)Cl)c1)OC(Cl)(Cl)Cl. The number of alkyl halides is 6. The minimum Gasteiger partial charge on any atom is -0.398 e. The van der Waals surface area contributed by atoms with Gasteiger partial charge < -0.3 is 20.1 Å². The smallest absolute Gasteiger partial charge is 0.398 e. The van der Waals surface area contributed by atoms with E-state index in [1.54, 1.807) is 24.3 Å². The van der Waals surface area contributed by atoms with Gasteiger partial charge in [-0.05, 0) is 80.7 Å². The maximum atomic E-state index is 11.4. The molecule has 1 rings (SSSR count). The third-order valence-corrected chi connectivity index (χ3v) is 2.74. The first-order chi connectivity index (χ1) is 10.9. The molecule has 1 aromatic carbocycles. The molecule has 2 amide bonds. The van der Waals surface area contributed by atoms with Gasteiger partial charge in [0.25, 0.3) is 0 Å². The van der Waals surface area contributed by atoms with Crippen LogP contribution in [0, 0.1) is 0 Å². The number of hydrogen-bond acceptors (Lipinski definition) is 4. The first kappa shape index (κ1) is 21.5. The molecule has 24 heavy (non-hydrogen) atoms. The molecule has 0 spiro atoms. The molecule has 0 saturated heterocycles. The monoisotopic (exact) mass is 456 g/mol. The summed E-state index contributed by atoms with van der Waals surface area (Å²) in [6, 6.07) is 6.90. The van der Waals surface area contributed by atoms with E-state index in [0.29, 0.717) is 11.1 Å². The second-order valence-corrected chi connectivity index (χ2v) is 8.55. The van der Waals surface area contributed by atoms with Gasteiger partial charge in [-0.15, -0.1) is 0 Å². The summed E-state index contributed by atoms with van der Waals surface area (Å²) in [5.41, 5.74) is 1.43. The molecule has 1 aromatic rings. The van der Waals surface area contributed by atoms with E-state index in [1.807, 2.05) is 0 Å². The van der Waals surface area contributed by atoms with Crippen molar-refractivity contribution < 1.29 is 19.1 Å². The largest absolute Gasteiger partial charge is 0.410 e. The second-order valence-electron chi connectivity index (χ2n) is 4.20. The van der Waals surface area contributed by atoms with Gasteiger partial charge in [0.1, 0.15) is 0 Å². The van der Waals surface area contributed by atoms with Crippen molar-refractivity contribution in [2.75, 3.05) is 0 Å². The minimum absolute atomic E-state index is 0.117. The van der Waals surface area contributed by atoms with E-state index in [4.69, 9.17) is 69.6 Å². The van der Waals surface area contributed by atoms with E-state index >= 15 is 0 Å². The second kappa shape index (κ2) is 9.27. The Kier molecular flexibility index (Phi) is 8.32. The first-order valence-electron chi connectivity index (χ1n) is 6.09. The van der Waals surface area contributed by atoms with Crippen LogP contribution in [0.3, 0.4) is 0 Å². The van der Waals surface area contributed by atoms with Gasteiger partial charge >= 0.3 is 20.1 Å². The molecule has 0 atom stereocenters. The van der Waals surface area contributed by atoms with Crippen LogP contribution in [0.4, 0.5) is 9.59 Å². The Labute approximate surface area is 167 Å². The van der Waals surface area contributed by atoms with Crippen molar-refractivity contribution in [3.05, 3.63) is 35.4 Å². The normalized spacial score (nSPS) is 11.6. The van der Waals surface area contributed by atoms with Gasteiger partial charge in [-0.25, -0.2) is 9.59 Å². The zero-order valence-corrected chi connectivity index (χ0v) is 16.2. The van der Waals surface area contributed by atoms with E-state index < -0.39 is 20.1 Å². The number of alkyl carbamates (subject to hydrolysis) is 2. The maximum Gasteiger partial charge on any atom is 0.410 e. The van der Waals surface area contributed by atoms with Crippen molar-refractivity contribution >= 4 is 81.8 Å². The van der Waals surface area contributed by atoms with Crippen LogP contribution >= 0.6 is 69.6 Å². The summed E-state index contributed by atoms with van der Waals surface area (Å²) in [6.07, 6.45) is -1.80. The predicted molar refractivity (Wildman–Crippen MR) is 93.7 cm³/mol. The molecular formula is C12H10Cl6N2O4. The molecule has 0 unspecified atom stereocenters. The summed E-state index contributed by atoms with van der Waals surface area (Å²) in [7, 11) is 0. The third kappa shape index (κ3) is 10.4. The number of amides is 2. The Morgan fingerprint density at radius 3 is 1.54 bits per heavy atom. The van der Waals surface area contributed by atoms with Crippen molar-refractivity contribution in [3.63, 3.8) is 0 Å². The predicted octanol–water partition coefficient (Wildman–Crippen LogP) is 4.79. The summed E-state index contributed by atoms with van der Waals surface area (Å²) in [5.74, 6) is 0. The summed E-state index contributed by atoms with van der Waals surface area (Å²) < 4.78 is 4.62. The van der Waals surface area contributed by atoms with Gasteiger partial charge in [0.05, 0.1) is 0 Å². The summed E-state index contributed by atoms with van der Waals surface area (Å²) in [6.45, 7) is 0.234. The van der Waals surface area contributed by atoms with Crippen molar-refractivity contribution in [2.45, 2.75) is 21.0 Å². The van der Waals surface area contributed by atoms with Crippen molar-refractivity contribution in [1.82, 2.24) is 10.6 Å². The van der Waals surface area contributed by atoms with Gasteiger partial charge in [0, 0.05) is 13.1 Å². The summed E-state index contributed by atoms with van der Waals surface area (Å²) >= 11 is 31.9. The van der Waals surface area contributed by atoms with Gasteiger partial charge in [0.2, 0.25) is 0 Å². The average molecular weight is 459 g/mol. The highest BCUT2D eigenvalue weighted by Crippen LogP contribution is 2.27. The third-order valence-electron chi connectivity index (χ3n) is 2.28. The lowest BCUT2D eigenvalue weighted by Gasteiger charge is -2.14. The molecule has 0 aromatic heterocycles. The van der Waals surface area contributed by atoms with Crippen LogP contribution in [0.2, 0.25) is 0 Å². The maximum absolute atomic E-state index is 11.4. The zero-order chi connectivity index (χ0) is 18.4. The lowest BCUT2D eigenvalue weighted by Crippen LogP contribution is -2.29. The van der Waals surface area contributed by atoms with E-state index in [2.05, 4.69) is 20.1 Å². The van der Waals surface area contributed by atoms with Crippen LogP contribution < -0.4 is 10.6 Å². The van der Waals surface area contributed by atoms with Gasteiger partial charge in [-0.2, -0.15) is 0 Å². The van der Waals surface area contributed by atoms with E-state index in [0.717, 1.165) is 0 Å². The molecule has 0 heterocycles. The molecule has 0 fully saturated rings. The summed E-state index contributed by atoms with van der Waals surface area (Å²) in [4.78, 5) is 22.7. The highest BCUT2D eigenvalue weighted by Gasteiger charge is 2.25. The molecule has 0 saturated carbocycles. The molecular weight excluding hydrogens is 449 g/mol. The van der Waals surface area contributed by atoms with Gasteiger partial charge in [-0.1, -0.05) is 24.3 Å². The van der Waals surface area contributed by atoms with Gasteiger partial charge in [0.15, 0.2) is 0 Å². The molecule has 134 valence electrons. The molecule has 6 nitrogen and oxygen atoms in total. The van der Waals surface area contributed by atoms with Crippen LogP contribution in [0.5, 0.6) is 0 Å². The lowest BCUT2D eigenvalue weighted by atomic mass is 10.1. The van der Waals surface area contributed by atoms with Gasteiger partial charge in [-0.3, -0.25) is 0 Å². The Morgan fingerprint density at radius 1 is 0.833 bits per heavy atom. The number of rotatable bonds is 4. The number of carbonyl (C=O) groups excluding carboxylic acids is 2. The number of nitrogens with one attached hydrogen (secondary N) is 2. The van der Waals surface area contributed by atoms with Crippen molar-refractivity contribution in [2.24, 2.45) is 0 Å². The van der Waals surface area contributed by atoms with Crippen molar-refractivity contribution in [1.29, 1.82) is 0 Å². The minimum atomic E-state index is -2.14. The zero-order valence-electron chi connectivity index (χ0n) is 11.6. The number of hydrogen-bond donors (Lipinski definition) is 2. The Bertz CT molecular complexity index is 540. The lowest BCUT2D eigenvalue weighted by molar-refractivity contribution is 0.143. The Morgan fingerprint density at radius 2 is 1.21 bits per heavy atom. The van der Waals surface area contributed by atoms with Crippen LogP contribution in [0.1, 0.15) is 11.1 Å². The van der Waals surface area contributed by atoms with E-state index in [9.17, 15) is 9.59 Å². The molecule has 2 N–H and O–H groups in total. The topological polar surface area (TPSA) is 76.7 Å². The quantitative estimate of drug-likeness (QED) is 0.636. The molecule has 0 bridgehead atoms. The molecule has 0 aliphatic heterocycles. The highest BCUT2D eigenvalue weighted by atomic mass is 35.6. The molecule has 0 aliphatic rings. The molecule has 12 heteroatoms. The van der Waals surface area contributed by atoms with E-state index in [-0.39, 0.29) is 13.1 Å². The Balaban J connectivity index is 2.49. The highest BCUT2D eigenvalue weighted by molar-refractivity contribution is 6.67. The molecule has 0 aliphatic carbocycles. The fraction of sp³-hybridized carbons (Fsp3) is 0.333. The van der Waals surface area contributed by atoms with Crippen molar-refractivity contribution in [3.8, 4) is 0 Å². The number of ether oxygens (including phenoxy) is 2. The van der Waals surface area contributed by atoms with Crippen LogP contribution in [-0.4, -0.2) is 20.1 Å². The molecule has 0 radical (unpaired) electrons. The number of halogens is 6. The van der Waals surface area contributed by atoms with Crippen LogP contribution in [0.15, 0.2) is 24.3 Å². The first-order valence-corrected chi connectivity index (χ1v) is 8.36. The fourth-order valence-corrected chi connectivity index (χ4v) is 1.90. The number of benzene rings is 1. The fourth-order valence-electron chi connectivity index (χ4n) is 1.48. The summed E-state index contributed by atoms with van der Waals surface area (Å²) in [5, 5.41) is 4.80. The number of carbonyl (C=O) groups is 2. The van der Waals surface area contributed by atoms with Crippen LogP contribution in [-0.2, 0) is 22.6 Å². The standard InChI is InChI=1S/C12H10Cl6N2O4/c13-11(14,15)23-9(21)19-5-7-2-1-3-8(4-7)6-20-10(22)24-12(16,17)18/h1-4H,5-6H2,(H,19,21)(H,20,22). The Hall–Kier alpha value is -0.500. The van der Waals surface area contributed by atoms with E-state index in [1.165, 1.54) is 0 Å².